The summed E-state index contributed by atoms with van der Waals surface area (Å²) in [7, 11) is 0. The van der Waals surface area contributed by atoms with Crippen molar-refractivity contribution in [2.75, 3.05) is 0 Å². The standard InChI is InChI=1S/C22H19FN4O2S/c23-15-9-7-14(8-10-15)21(18-6-3-11-30-18)25-12-20-26-17-5-2-1-4-16(17)22(29)27(20)13-19(24)28/h1-11,21,25H,12-13H2,(H2,24,28). The lowest BCUT2D eigenvalue weighted by molar-refractivity contribution is -0.118. The van der Waals surface area contributed by atoms with Gasteiger partial charge in [0.1, 0.15) is 18.2 Å². The van der Waals surface area contributed by atoms with Gasteiger partial charge in [-0.25, -0.2) is 9.37 Å². The predicted molar refractivity (Wildman–Crippen MR) is 115 cm³/mol. The van der Waals surface area contributed by atoms with E-state index in [2.05, 4.69) is 10.3 Å². The number of primary amides is 1. The van der Waals surface area contributed by atoms with Gasteiger partial charge >= 0.3 is 0 Å². The molecule has 4 aromatic rings. The molecular formula is C22H19FN4O2S. The number of benzene rings is 2. The highest BCUT2D eigenvalue weighted by Gasteiger charge is 2.18. The van der Waals surface area contributed by atoms with Crippen molar-refractivity contribution in [1.82, 2.24) is 14.9 Å². The molecular weight excluding hydrogens is 403 g/mol. The Bertz CT molecular complexity index is 1240. The van der Waals surface area contributed by atoms with E-state index in [1.54, 1.807) is 47.7 Å². The Hall–Kier alpha value is -3.36. The zero-order valence-corrected chi connectivity index (χ0v) is 16.7. The summed E-state index contributed by atoms with van der Waals surface area (Å²) >= 11 is 1.57. The van der Waals surface area contributed by atoms with Crippen molar-refractivity contribution in [1.29, 1.82) is 0 Å². The minimum atomic E-state index is -0.622. The number of carbonyl (C=O) groups excluding carboxylic acids is 1. The van der Waals surface area contributed by atoms with Crippen molar-refractivity contribution in [3.8, 4) is 0 Å². The summed E-state index contributed by atoms with van der Waals surface area (Å²) in [5, 5.41) is 5.78. The minimum Gasteiger partial charge on any atom is -0.368 e. The van der Waals surface area contributed by atoms with Gasteiger partial charge in [-0.2, -0.15) is 0 Å². The van der Waals surface area contributed by atoms with E-state index in [4.69, 9.17) is 5.73 Å². The number of thiophene rings is 1. The molecule has 1 unspecified atom stereocenters. The Labute approximate surface area is 175 Å². The molecule has 152 valence electrons. The highest BCUT2D eigenvalue weighted by Crippen LogP contribution is 2.26. The largest absolute Gasteiger partial charge is 0.368 e. The lowest BCUT2D eigenvalue weighted by atomic mass is 10.1. The number of fused-ring (bicyclic) bond motifs is 1. The topological polar surface area (TPSA) is 90.0 Å². The Kier molecular flexibility index (Phi) is 5.69. The fraction of sp³-hybridized carbons (Fsp3) is 0.136. The van der Waals surface area contributed by atoms with E-state index in [1.807, 2.05) is 17.5 Å². The van der Waals surface area contributed by atoms with Crippen LogP contribution in [0.3, 0.4) is 0 Å². The molecule has 3 N–H and O–H groups in total. The molecule has 0 spiro atoms. The van der Waals surface area contributed by atoms with Crippen LogP contribution in [-0.2, 0) is 17.9 Å². The number of halogens is 1. The number of para-hydroxylation sites is 1. The summed E-state index contributed by atoms with van der Waals surface area (Å²) in [6.45, 7) is -0.0405. The molecule has 0 fully saturated rings. The molecule has 2 aromatic heterocycles. The van der Waals surface area contributed by atoms with Gasteiger partial charge in [-0.15, -0.1) is 11.3 Å². The second-order valence-corrected chi connectivity index (χ2v) is 7.76. The molecule has 2 aromatic carbocycles. The van der Waals surface area contributed by atoms with E-state index in [1.165, 1.54) is 16.7 Å². The normalized spacial score (nSPS) is 12.2. The number of aromatic nitrogens is 2. The number of rotatable bonds is 7. The first-order valence-electron chi connectivity index (χ1n) is 9.32. The van der Waals surface area contributed by atoms with Crippen LogP contribution in [0.15, 0.2) is 70.8 Å². The molecule has 0 aliphatic heterocycles. The molecule has 0 saturated heterocycles. The smallest absolute Gasteiger partial charge is 0.261 e. The maximum atomic E-state index is 13.4. The number of nitrogens with one attached hydrogen (secondary N) is 1. The first-order chi connectivity index (χ1) is 14.5. The zero-order valence-electron chi connectivity index (χ0n) is 15.9. The highest BCUT2D eigenvalue weighted by atomic mass is 32.1. The first kappa shape index (κ1) is 19.9. The Morgan fingerprint density at radius 2 is 1.90 bits per heavy atom. The average Bonchev–Trinajstić information content (AvgIpc) is 3.26. The summed E-state index contributed by atoms with van der Waals surface area (Å²) in [4.78, 5) is 30.1. The lowest BCUT2D eigenvalue weighted by Crippen LogP contribution is -2.34. The van der Waals surface area contributed by atoms with Gasteiger partial charge in [0, 0.05) is 4.88 Å². The summed E-state index contributed by atoms with van der Waals surface area (Å²) in [6, 6.07) is 16.9. The molecule has 0 aliphatic rings. The zero-order chi connectivity index (χ0) is 21.1. The molecule has 4 rings (SSSR count). The Morgan fingerprint density at radius 3 is 2.60 bits per heavy atom. The van der Waals surface area contributed by atoms with Crippen molar-refractivity contribution >= 4 is 28.1 Å². The third-order valence-corrected chi connectivity index (χ3v) is 5.69. The van der Waals surface area contributed by atoms with Crippen LogP contribution in [0.5, 0.6) is 0 Å². The number of nitrogens with two attached hydrogens (primary N) is 1. The van der Waals surface area contributed by atoms with Gasteiger partial charge in [-0.05, 0) is 41.3 Å². The summed E-state index contributed by atoms with van der Waals surface area (Å²) in [6.07, 6.45) is 0. The Balaban J connectivity index is 1.72. The molecule has 1 amide bonds. The maximum Gasteiger partial charge on any atom is 0.261 e. The van der Waals surface area contributed by atoms with E-state index >= 15 is 0 Å². The first-order valence-corrected chi connectivity index (χ1v) is 10.2. The van der Waals surface area contributed by atoms with Crippen LogP contribution in [0, 0.1) is 5.82 Å². The molecule has 6 nitrogen and oxygen atoms in total. The molecule has 0 saturated carbocycles. The maximum absolute atomic E-state index is 13.4. The quantitative estimate of drug-likeness (QED) is 0.479. The summed E-state index contributed by atoms with van der Waals surface area (Å²) in [5.41, 5.74) is 6.48. The van der Waals surface area contributed by atoms with Gasteiger partial charge < -0.3 is 5.73 Å². The minimum absolute atomic E-state index is 0.216. The fourth-order valence-electron chi connectivity index (χ4n) is 3.35. The van der Waals surface area contributed by atoms with Crippen molar-refractivity contribution in [3.63, 3.8) is 0 Å². The third-order valence-electron chi connectivity index (χ3n) is 4.75. The summed E-state index contributed by atoms with van der Waals surface area (Å²) < 4.78 is 14.7. The highest BCUT2D eigenvalue weighted by molar-refractivity contribution is 7.10. The van der Waals surface area contributed by atoms with E-state index in [9.17, 15) is 14.0 Å². The van der Waals surface area contributed by atoms with Gasteiger partial charge in [0.25, 0.3) is 5.56 Å². The molecule has 8 heteroatoms. The lowest BCUT2D eigenvalue weighted by Gasteiger charge is -2.20. The van der Waals surface area contributed by atoms with E-state index in [0.29, 0.717) is 16.7 Å². The van der Waals surface area contributed by atoms with Crippen LogP contribution in [-0.4, -0.2) is 15.5 Å². The van der Waals surface area contributed by atoms with Gasteiger partial charge in [0.05, 0.1) is 23.5 Å². The average molecular weight is 422 g/mol. The van der Waals surface area contributed by atoms with Crippen LogP contribution in [0.4, 0.5) is 4.39 Å². The van der Waals surface area contributed by atoms with Gasteiger partial charge in [-0.1, -0.05) is 30.3 Å². The molecule has 1 atom stereocenters. The third kappa shape index (κ3) is 4.14. The monoisotopic (exact) mass is 422 g/mol. The second kappa shape index (κ2) is 8.56. The number of carbonyl (C=O) groups is 1. The number of hydrogen-bond donors (Lipinski definition) is 2. The molecule has 2 heterocycles. The van der Waals surface area contributed by atoms with Crippen molar-refractivity contribution < 1.29 is 9.18 Å². The molecule has 0 bridgehead atoms. The molecule has 0 radical (unpaired) electrons. The van der Waals surface area contributed by atoms with E-state index in [0.717, 1.165) is 10.4 Å². The van der Waals surface area contributed by atoms with Crippen LogP contribution >= 0.6 is 11.3 Å². The van der Waals surface area contributed by atoms with Gasteiger partial charge in [0.2, 0.25) is 5.91 Å². The van der Waals surface area contributed by atoms with Crippen LogP contribution < -0.4 is 16.6 Å². The Morgan fingerprint density at radius 1 is 1.13 bits per heavy atom. The van der Waals surface area contributed by atoms with Crippen molar-refractivity contribution in [3.05, 3.63) is 98.5 Å². The van der Waals surface area contributed by atoms with Crippen LogP contribution in [0.2, 0.25) is 0 Å². The van der Waals surface area contributed by atoms with Gasteiger partial charge in [-0.3, -0.25) is 19.5 Å². The van der Waals surface area contributed by atoms with E-state index < -0.39 is 5.91 Å². The molecule has 30 heavy (non-hydrogen) atoms. The van der Waals surface area contributed by atoms with Crippen molar-refractivity contribution in [2.24, 2.45) is 5.73 Å². The number of nitrogens with zero attached hydrogens (tertiary/aromatic N) is 2. The predicted octanol–water partition coefficient (Wildman–Crippen LogP) is 2.96. The number of amides is 1. The second-order valence-electron chi connectivity index (χ2n) is 6.78. The molecule has 0 aliphatic carbocycles. The van der Waals surface area contributed by atoms with Gasteiger partial charge in [0.15, 0.2) is 0 Å². The SMILES string of the molecule is NC(=O)Cn1c(CNC(c2ccc(F)cc2)c2cccs2)nc2ccccc2c1=O. The van der Waals surface area contributed by atoms with Crippen LogP contribution in [0.25, 0.3) is 10.9 Å². The fourth-order valence-corrected chi connectivity index (χ4v) is 4.18. The number of hydrogen-bond acceptors (Lipinski definition) is 5. The van der Waals surface area contributed by atoms with E-state index in [-0.39, 0.29) is 30.5 Å². The summed E-state index contributed by atoms with van der Waals surface area (Å²) in [5.74, 6) is -0.528. The van der Waals surface area contributed by atoms with Crippen LogP contribution in [0.1, 0.15) is 22.3 Å². The van der Waals surface area contributed by atoms with Crippen molar-refractivity contribution in [2.45, 2.75) is 19.1 Å².